The average Bonchev–Trinajstić information content (AvgIpc) is 2.31. The van der Waals surface area contributed by atoms with Gasteiger partial charge in [-0.15, -0.1) is 0 Å². The van der Waals surface area contributed by atoms with E-state index in [1.54, 1.807) is 13.8 Å². The van der Waals surface area contributed by atoms with E-state index in [2.05, 4.69) is 0 Å². The number of hydrogen-bond acceptors (Lipinski definition) is 4. The lowest BCUT2D eigenvalue weighted by atomic mass is 10.1. The zero-order valence-electron chi connectivity index (χ0n) is 10.9. The SMILES string of the molecule is CC(C)S(=O)(=O)CCOc1ccc(CCN)cc1. The molecule has 0 fully saturated rings. The highest BCUT2D eigenvalue weighted by atomic mass is 32.2. The van der Waals surface area contributed by atoms with Crippen molar-refractivity contribution < 1.29 is 13.2 Å². The molecule has 0 spiro atoms. The maximum atomic E-state index is 11.6. The third-order valence-electron chi connectivity index (χ3n) is 2.71. The zero-order chi connectivity index (χ0) is 13.6. The van der Waals surface area contributed by atoms with Gasteiger partial charge in [0.2, 0.25) is 0 Å². The van der Waals surface area contributed by atoms with Crippen molar-refractivity contribution in [1.29, 1.82) is 0 Å². The van der Waals surface area contributed by atoms with E-state index in [0.29, 0.717) is 12.3 Å². The number of hydrogen-bond donors (Lipinski definition) is 1. The van der Waals surface area contributed by atoms with Gasteiger partial charge in [-0.2, -0.15) is 0 Å². The first kappa shape index (κ1) is 15.0. The molecule has 5 heteroatoms. The Hall–Kier alpha value is -1.07. The number of ether oxygens (including phenoxy) is 1. The second-order valence-corrected chi connectivity index (χ2v) is 7.12. The van der Waals surface area contributed by atoms with E-state index in [9.17, 15) is 8.42 Å². The van der Waals surface area contributed by atoms with E-state index in [1.807, 2.05) is 24.3 Å². The van der Waals surface area contributed by atoms with Gasteiger partial charge in [0.15, 0.2) is 9.84 Å². The van der Waals surface area contributed by atoms with E-state index < -0.39 is 9.84 Å². The highest BCUT2D eigenvalue weighted by Gasteiger charge is 2.15. The molecular weight excluding hydrogens is 250 g/mol. The van der Waals surface area contributed by atoms with Crippen LogP contribution in [0.4, 0.5) is 0 Å². The van der Waals surface area contributed by atoms with E-state index >= 15 is 0 Å². The molecule has 0 aliphatic heterocycles. The number of rotatable bonds is 7. The molecule has 4 nitrogen and oxygen atoms in total. The Bertz CT molecular complexity index is 452. The van der Waals surface area contributed by atoms with Gasteiger partial charge in [0, 0.05) is 0 Å². The van der Waals surface area contributed by atoms with Crippen molar-refractivity contribution in [1.82, 2.24) is 0 Å². The summed E-state index contributed by atoms with van der Waals surface area (Å²) in [5.74, 6) is 0.740. The molecule has 0 amide bonds. The number of nitrogens with two attached hydrogens (primary N) is 1. The lowest BCUT2D eigenvalue weighted by Crippen LogP contribution is -2.22. The van der Waals surface area contributed by atoms with Crippen molar-refractivity contribution in [3.05, 3.63) is 29.8 Å². The molecule has 0 atom stereocenters. The normalized spacial score (nSPS) is 11.8. The Morgan fingerprint density at radius 3 is 2.33 bits per heavy atom. The van der Waals surface area contributed by atoms with Crippen LogP contribution >= 0.6 is 0 Å². The van der Waals surface area contributed by atoms with Gasteiger partial charge >= 0.3 is 0 Å². The maximum absolute atomic E-state index is 11.6. The molecule has 0 heterocycles. The summed E-state index contributed by atoms with van der Waals surface area (Å²) in [6.45, 7) is 4.16. The Labute approximate surface area is 109 Å². The Morgan fingerprint density at radius 2 is 1.83 bits per heavy atom. The quantitative estimate of drug-likeness (QED) is 0.813. The van der Waals surface area contributed by atoms with Gasteiger partial charge in [-0.05, 0) is 44.5 Å². The largest absolute Gasteiger partial charge is 0.493 e. The zero-order valence-corrected chi connectivity index (χ0v) is 11.7. The summed E-state index contributed by atoms with van der Waals surface area (Å²) >= 11 is 0. The van der Waals surface area contributed by atoms with Crippen LogP contribution in [0, 0.1) is 0 Å². The molecule has 0 aliphatic rings. The highest BCUT2D eigenvalue weighted by Crippen LogP contribution is 2.12. The first-order valence-electron chi connectivity index (χ1n) is 6.09. The van der Waals surface area contributed by atoms with E-state index in [-0.39, 0.29) is 17.6 Å². The fourth-order valence-electron chi connectivity index (χ4n) is 1.43. The predicted molar refractivity (Wildman–Crippen MR) is 73.6 cm³/mol. The van der Waals surface area contributed by atoms with Crippen LogP contribution in [0.2, 0.25) is 0 Å². The lowest BCUT2D eigenvalue weighted by Gasteiger charge is -2.09. The third kappa shape index (κ3) is 4.66. The van der Waals surface area contributed by atoms with Crippen LogP contribution in [-0.2, 0) is 16.3 Å². The summed E-state index contributed by atoms with van der Waals surface area (Å²) in [5, 5.41) is -0.354. The van der Waals surface area contributed by atoms with Crippen molar-refractivity contribution in [2.24, 2.45) is 5.73 Å². The van der Waals surface area contributed by atoms with Gasteiger partial charge < -0.3 is 10.5 Å². The van der Waals surface area contributed by atoms with Gasteiger partial charge in [-0.25, -0.2) is 8.42 Å². The second kappa shape index (κ2) is 6.75. The van der Waals surface area contributed by atoms with Crippen LogP contribution in [0.25, 0.3) is 0 Å². The molecule has 2 N–H and O–H groups in total. The van der Waals surface area contributed by atoms with Crippen LogP contribution in [0.15, 0.2) is 24.3 Å². The molecule has 0 saturated carbocycles. The first-order valence-corrected chi connectivity index (χ1v) is 7.80. The van der Waals surface area contributed by atoms with Gasteiger partial charge in [0.05, 0.1) is 11.0 Å². The molecule has 18 heavy (non-hydrogen) atoms. The summed E-state index contributed by atoms with van der Waals surface area (Å²) < 4.78 is 28.5. The molecule has 0 radical (unpaired) electrons. The summed E-state index contributed by atoms with van der Waals surface area (Å²) in [6.07, 6.45) is 0.835. The molecule has 0 unspecified atom stereocenters. The summed E-state index contributed by atoms with van der Waals surface area (Å²) in [7, 11) is -3.03. The molecule has 1 aromatic rings. The van der Waals surface area contributed by atoms with Gasteiger partial charge in [0.25, 0.3) is 0 Å². The minimum absolute atomic E-state index is 0.0508. The first-order chi connectivity index (χ1) is 8.45. The minimum atomic E-state index is -3.03. The van der Waals surface area contributed by atoms with Gasteiger partial charge in [-0.1, -0.05) is 12.1 Å². The molecular formula is C13H21NO3S. The van der Waals surface area contributed by atoms with E-state index in [4.69, 9.17) is 10.5 Å². The summed E-state index contributed by atoms with van der Waals surface area (Å²) in [6, 6.07) is 7.57. The lowest BCUT2D eigenvalue weighted by molar-refractivity contribution is 0.340. The van der Waals surface area contributed by atoms with Gasteiger partial charge in [0.1, 0.15) is 12.4 Å². The number of benzene rings is 1. The third-order valence-corrected chi connectivity index (χ3v) is 4.88. The van der Waals surface area contributed by atoms with Crippen molar-refractivity contribution >= 4 is 9.84 Å². The number of sulfone groups is 1. The van der Waals surface area contributed by atoms with Crippen LogP contribution < -0.4 is 10.5 Å². The highest BCUT2D eigenvalue weighted by molar-refractivity contribution is 7.91. The molecule has 0 bridgehead atoms. The Kier molecular flexibility index (Phi) is 5.62. The van der Waals surface area contributed by atoms with Crippen LogP contribution in [0.3, 0.4) is 0 Å². The summed E-state index contributed by atoms with van der Waals surface area (Å²) in [5.41, 5.74) is 6.61. The van der Waals surface area contributed by atoms with Crippen molar-refractivity contribution in [2.45, 2.75) is 25.5 Å². The molecule has 0 aliphatic carbocycles. The molecule has 0 saturated heterocycles. The van der Waals surface area contributed by atoms with Crippen LogP contribution in [0.5, 0.6) is 5.75 Å². The van der Waals surface area contributed by atoms with Crippen molar-refractivity contribution in [3.8, 4) is 5.75 Å². The monoisotopic (exact) mass is 271 g/mol. The molecule has 1 aromatic carbocycles. The fourth-order valence-corrected chi connectivity index (χ4v) is 2.22. The van der Waals surface area contributed by atoms with Crippen LogP contribution in [0.1, 0.15) is 19.4 Å². The van der Waals surface area contributed by atoms with E-state index in [1.165, 1.54) is 0 Å². The molecule has 0 aromatic heterocycles. The minimum Gasteiger partial charge on any atom is -0.493 e. The maximum Gasteiger partial charge on any atom is 0.155 e. The standard InChI is InChI=1S/C13H21NO3S/c1-11(2)18(15,16)10-9-17-13-5-3-12(4-6-13)7-8-14/h3-6,11H,7-10,14H2,1-2H3. The second-order valence-electron chi connectivity index (χ2n) is 4.45. The Morgan fingerprint density at radius 1 is 1.22 bits per heavy atom. The smallest absolute Gasteiger partial charge is 0.155 e. The van der Waals surface area contributed by atoms with Crippen LogP contribution in [-0.4, -0.2) is 32.6 Å². The fraction of sp³-hybridized carbons (Fsp3) is 0.538. The summed E-state index contributed by atoms with van der Waals surface area (Å²) in [4.78, 5) is 0. The topological polar surface area (TPSA) is 69.4 Å². The Balaban J connectivity index is 2.45. The molecule has 1 rings (SSSR count). The van der Waals surface area contributed by atoms with Crippen molar-refractivity contribution in [2.75, 3.05) is 18.9 Å². The predicted octanol–water partition coefficient (Wildman–Crippen LogP) is 1.39. The van der Waals surface area contributed by atoms with Gasteiger partial charge in [-0.3, -0.25) is 0 Å². The average molecular weight is 271 g/mol. The van der Waals surface area contributed by atoms with Crippen molar-refractivity contribution in [3.63, 3.8) is 0 Å². The molecule has 102 valence electrons. The van der Waals surface area contributed by atoms with E-state index in [0.717, 1.165) is 12.0 Å².